The molecule has 0 aliphatic carbocycles. The molecule has 3 N–H and O–H groups in total. The van der Waals surface area contributed by atoms with Crippen LogP contribution >= 0.6 is 0 Å². The fourth-order valence-electron chi connectivity index (χ4n) is 2.34. The maximum Gasteiger partial charge on any atom is 0.126 e. The van der Waals surface area contributed by atoms with Crippen molar-refractivity contribution in [1.29, 1.82) is 0 Å². The summed E-state index contributed by atoms with van der Waals surface area (Å²) in [4.78, 5) is 0. The SMILES string of the molecule is CCc1ccccc1C(Cc1ccccc1F)NN. The van der Waals surface area contributed by atoms with Gasteiger partial charge in [0.2, 0.25) is 0 Å². The summed E-state index contributed by atoms with van der Waals surface area (Å²) < 4.78 is 13.7. The molecule has 0 fully saturated rings. The van der Waals surface area contributed by atoms with Crippen LogP contribution in [0.5, 0.6) is 0 Å². The van der Waals surface area contributed by atoms with Crippen LogP contribution in [-0.2, 0) is 12.8 Å². The predicted octanol–water partition coefficient (Wildman–Crippen LogP) is 3.14. The van der Waals surface area contributed by atoms with E-state index in [1.165, 1.54) is 11.6 Å². The van der Waals surface area contributed by atoms with Gasteiger partial charge in [-0.15, -0.1) is 0 Å². The maximum absolute atomic E-state index is 13.7. The molecule has 19 heavy (non-hydrogen) atoms. The molecule has 0 bridgehead atoms. The van der Waals surface area contributed by atoms with E-state index in [1.54, 1.807) is 12.1 Å². The number of hydrogen-bond acceptors (Lipinski definition) is 2. The molecule has 0 aromatic heterocycles. The number of benzene rings is 2. The van der Waals surface area contributed by atoms with Crippen LogP contribution in [0, 0.1) is 5.82 Å². The second-order valence-electron chi connectivity index (χ2n) is 4.57. The summed E-state index contributed by atoms with van der Waals surface area (Å²) in [6.45, 7) is 2.11. The molecule has 0 aliphatic heterocycles. The van der Waals surface area contributed by atoms with Crippen molar-refractivity contribution in [3.05, 3.63) is 71.0 Å². The smallest absolute Gasteiger partial charge is 0.126 e. The molecule has 1 unspecified atom stereocenters. The molecular weight excluding hydrogens is 239 g/mol. The number of hydrazine groups is 1. The third kappa shape index (κ3) is 3.19. The van der Waals surface area contributed by atoms with Crippen LogP contribution in [0.25, 0.3) is 0 Å². The highest BCUT2D eigenvalue weighted by Gasteiger charge is 2.15. The first kappa shape index (κ1) is 13.7. The first-order chi connectivity index (χ1) is 9.26. The fourth-order valence-corrected chi connectivity index (χ4v) is 2.34. The quantitative estimate of drug-likeness (QED) is 0.638. The van der Waals surface area contributed by atoms with E-state index in [-0.39, 0.29) is 11.9 Å². The summed E-state index contributed by atoms with van der Waals surface area (Å²) in [5.74, 6) is 5.47. The predicted molar refractivity (Wildman–Crippen MR) is 76.0 cm³/mol. The number of hydrogen-bond donors (Lipinski definition) is 2. The van der Waals surface area contributed by atoms with Gasteiger partial charge in [-0.3, -0.25) is 11.3 Å². The Morgan fingerprint density at radius 2 is 1.68 bits per heavy atom. The Morgan fingerprint density at radius 3 is 2.32 bits per heavy atom. The molecular formula is C16H19FN2. The van der Waals surface area contributed by atoms with Crippen molar-refractivity contribution in [3.8, 4) is 0 Å². The van der Waals surface area contributed by atoms with Crippen LogP contribution in [0.4, 0.5) is 4.39 Å². The van der Waals surface area contributed by atoms with E-state index in [2.05, 4.69) is 18.4 Å². The van der Waals surface area contributed by atoms with Gasteiger partial charge >= 0.3 is 0 Å². The van der Waals surface area contributed by atoms with Crippen molar-refractivity contribution < 1.29 is 4.39 Å². The van der Waals surface area contributed by atoms with E-state index < -0.39 is 0 Å². The Kier molecular flexibility index (Phi) is 4.66. The van der Waals surface area contributed by atoms with Gasteiger partial charge in [-0.1, -0.05) is 49.4 Å². The fraction of sp³-hybridized carbons (Fsp3) is 0.250. The molecule has 0 saturated carbocycles. The third-order valence-electron chi connectivity index (χ3n) is 3.39. The van der Waals surface area contributed by atoms with Crippen LogP contribution in [-0.4, -0.2) is 0 Å². The van der Waals surface area contributed by atoms with Gasteiger partial charge in [-0.25, -0.2) is 4.39 Å². The molecule has 3 heteroatoms. The topological polar surface area (TPSA) is 38.0 Å². The molecule has 2 rings (SSSR count). The largest absolute Gasteiger partial charge is 0.271 e. The minimum absolute atomic E-state index is 0.0759. The Labute approximate surface area is 113 Å². The number of rotatable bonds is 5. The van der Waals surface area contributed by atoms with Crippen molar-refractivity contribution in [1.82, 2.24) is 5.43 Å². The average molecular weight is 258 g/mol. The lowest BCUT2D eigenvalue weighted by molar-refractivity contribution is 0.526. The second-order valence-corrected chi connectivity index (χ2v) is 4.57. The summed E-state index contributed by atoms with van der Waals surface area (Å²) in [6.07, 6.45) is 1.48. The van der Waals surface area contributed by atoms with E-state index in [4.69, 9.17) is 5.84 Å². The van der Waals surface area contributed by atoms with Crippen LogP contribution in [0.1, 0.15) is 29.7 Å². The van der Waals surface area contributed by atoms with Crippen molar-refractivity contribution >= 4 is 0 Å². The first-order valence-corrected chi connectivity index (χ1v) is 6.53. The highest BCUT2D eigenvalue weighted by molar-refractivity contribution is 5.32. The van der Waals surface area contributed by atoms with Gasteiger partial charge in [-0.05, 0) is 35.6 Å². The molecule has 0 amide bonds. The zero-order chi connectivity index (χ0) is 13.7. The lowest BCUT2D eigenvalue weighted by Crippen LogP contribution is -2.30. The van der Waals surface area contributed by atoms with Crippen LogP contribution in [0.15, 0.2) is 48.5 Å². The standard InChI is InChI=1S/C16H19FN2/c1-2-12-7-3-5-9-14(12)16(19-18)11-13-8-4-6-10-15(13)17/h3-10,16,19H,2,11,18H2,1H3. The van der Waals surface area contributed by atoms with Gasteiger partial charge in [0.25, 0.3) is 0 Å². The third-order valence-corrected chi connectivity index (χ3v) is 3.39. The average Bonchev–Trinajstić information content (AvgIpc) is 2.46. The molecule has 0 saturated heterocycles. The van der Waals surface area contributed by atoms with Gasteiger partial charge < -0.3 is 0 Å². The summed E-state index contributed by atoms with van der Waals surface area (Å²) in [7, 11) is 0. The number of nitrogens with one attached hydrogen (secondary N) is 1. The Hall–Kier alpha value is -1.71. The van der Waals surface area contributed by atoms with Crippen molar-refractivity contribution in [2.45, 2.75) is 25.8 Å². The second kappa shape index (κ2) is 6.45. The van der Waals surface area contributed by atoms with Crippen LogP contribution in [0.3, 0.4) is 0 Å². The van der Waals surface area contributed by atoms with Gasteiger partial charge in [0.15, 0.2) is 0 Å². The molecule has 1 atom stereocenters. The number of aryl methyl sites for hydroxylation is 1. The van der Waals surface area contributed by atoms with E-state index in [0.29, 0.717) is 12.0 Å². The van der Waals surface area contributed by atoms with E-state index in [9.17, 15) is 4.39 Å². The lowest BCUT2D eigenvalue weighted by Gasteiger charge is -2.19. The maximum atomic E-state index is 13.7. The monoisotopic (exact) mass is 258 g/mol. The Morgan fingerprint density at radius 1 is 1.05 bits per heavy atom. The normalized spacial score (nSPS) is 12.4. The molecule has 2 nitrogen and oxygen atoms in total. The highest BCUT2D eigenvalue weighted by Crippen LogP contribution is 2.23. The molecule has 0 radical (unpaired) electrons. The molecule has 2 aromatic carbocycles. The van der Waals surface area contributed by atoms with Gasteiger partial charge in [-0.2, -0.15) is 0 Å². The Balaban J connectivity index is 2.28. The minimum atomic E-state index is -0.184. The summed E-state index contributed by atoms with van der Waals surface area (Å²) >= 11 is 0. The van der Waals surface area contributed by atoms with E-state index in [1.807, 2.05) is 24.3 Å². The van der Waals surface area contributed by atoms with Gasteiger partial charge in [0, 0.05) is 0 Å². The van der Waals surface area contributed by atoms with Gasteiger partial charge in [0.1, 0.15) is 5.82 Å². The van der Waals surface area contributed by atoms with Crippen molar-refractivity contribution in [3.63, 3.8) is 0 Å². The molecule has 0 heterocycles. The molecule has 0 spiro atoms. The molecule has 2 aromatic rings. The number of nitrogens with two attached hydrogens (primary N) is 1. The van der Waals surface area contributed by atoms with Crippen LogP contribution < -0.4 is 11.3 Å². The zero-order valence-corrected chi connectivity index (χ0v) is 11.1. The summed E-state index contributed by atoms with van der Waals surface area (Å²) in [6, 6.07) is 14.9. The summed E-state index contributed by atoms with van der Waals surface area (Å²) in [5, 5.41) is 0. The minimum Gasteiger partial charge on any atom is -0.271 e. The molecule has 0 aliphatic rings. The zero-order valence-electron chi connectivity index (χ0n) is 11.1. The van der Waals surface area contributed by atoms with Crippen molar-refractivity contribution in [2.24, 2.45) is 5.84 Å². The lowest BCUT2D eigenvalue weighted by atomic mass is 9.94. The summed E-state index contributed by atoms with van der Waals surface area (Å²) in [5.41, 5.74) is 5.85. The van der Waals surface area contributed by atoms with E-state index in [0.717, 1.165) is 12.0 Å². The highest BCUT2D eigenvalue weighted by atomic mass is 19.1. The van der Waals surface area contributed by atoms with Gasteiger partial charge in [0.05, 0.1) is 6.04 Å². The van der Waals surface area contributed by atoms with Crippen molar-refractivity contribution in [2.75, 3.05) is 0 Å². The first-order valence-electron chi connectivity index (χ1n) is 6.53. The molecule has 100 valence electrons. The van der Waals surface area contributed by atoms with E-state index >= 15 is 0 Å². The number of halogens is 1. The Bertz CT molecular complexity index is 540. The van der Waals surface area contributed by atoms with Crippen LogP contribution in [0.2, 0.25) is 0 Å².